The molecule has 0 aromatic heterocycles. The van der Waals surface area contributed by atoms with Crippen molar-refractivity contribution in [2.24, 2.45) is 0 Å². The maximum atomic E-state index is 11.2. The number of rotatable bonds is 6. The second-order valence-electron chi connectivity index (χ2n) is 3.52. The van der Waals surface area contributed by atoms with Crippen LogP contribution in [0.5, 0.6) is 5.75 Å². The molecule has 1 aromatic rings. The summed E-state index contributed by atoms with van der Waals surface area (Å²) in [6.07, 6.45) is 4.28. The lowest BCUT2D eigenvalue weighted by Gasteiger charge is -2.03. The highest BCUT2D eigenvalue weighted by Crippen LogP contribution is 2.27. The van der Waals surface area contributed by atoms with Gasteiger partial charge in [0.2, 0.25) is 0 Å². The van der Waals surface area contributed by atoms with Gasteiger partial charge in [0, 0.05) is 5.02 Å². The van der Waals surface area contributed by atoms with Crippen LogP contribution in [0, 0.1) is 0 Å². The lowest BCUT2D eigenvalue weighted by atomic mass is 10.3. The number of carbonyl (C=O) groups excluding carboxylic acids is 1. The standard InChI is InChI=1S/C13H14Cl2O3/c1-2-3-7-18-13(16)6-8-17-12-5-4-10(14)9-11(12)15/h4-6,8-9H,2-3,7H2,1H3. The van der Waals surface area contributed by atoms with E-state index >= 15 is 0 Å². The first-order valence-electron chi connectivity index (χ1n) is 5.58. The van der Waals surface area contributed by atoms with Crippen LogP contribution in [-0.2, 0) is 9.53 Å². The third-order valence-electron chi connectivity index (χ3n) is 2.04. The summed E-state index contributed by atoms with van der Waals surface area (Å²) in [6, 6.07) is 4.83. The number of benzene rings is 1. The fourth-order valence-corrected chi connectivity index (χ4v) is 1.55. The van der Waals surface area contributed by atoms with E-state index in [9.17, 15) is 4.79 Å². The Morgan fingerprint density at radius 1 is 1.39 bits per heavy atom. The molecule has 0 aliphatic carbocycles. The minimum absolute atomic E-state index is 0.381. The molecule has 0 bridgehead atoms. The van der Waals surface area contributed by atoms with Crippen LogP contribution in [0.2, 0.25) is 10.0 Å². The fourth-order valence-electron chi connectivity index (χ4n) is 1.10. The summed E-state index contributed by atoms with van der Waals surface area (Å²) < 4.78 is 10.1. The molecule has 18 heavy (non-hydrogen) atoms. The lowest BCUT2D eigenvalue weighted by molar-refractivity contribution is -0.137. The maximum absolute atomic E-state index is 11.2. The maximum Gasteiger partial charge on any atom is 0.333 e. The van der Waals surface area contributed by atoms with Gasteiger partial charge < -0.3 is 9.47 Å². The van der Waals surface area contributed by atoms with E-state index in [0.29, 0.717) is 22.4 Å². The van der Waals surface area contributed by atoms with Gasteiger partial charge in [0.25, 0.3) is 0 Å². The van der Waals surface area contributed by atoms with Crippen molar-refractivity contribution in [3.8, 4) is 5.75 Å². The molecule has 1 aromatic carbocycles. The topological polar surface area (TPSA) is 35.5 Å². The van der Waals surface area contributed by atoms with Gasteiger partial charge in [0.15, 0.2) is 0 Å². The lowest BCUT2D eigenvalue weighted by Crippen LogP contribution is -2.02. The van der Waals surface area contributed by atoms with Gasteiger partial charge in [0.1, 0.15) is 5.75 Å². The zero-order chi connectivity index (χ0) is 13.4. The summed E-state index contributed by atoms with van der Waals surface area (Å²) in [5.74, 6) is -0.00721. The summed E-state index contributed by atoms with van der Waals surface area (Å²) >= 11 is 11.6. The summed E-state index contributed by atoms with van der Waals surface area (Å²) in [4.78, 5) is 11.2. The highest BCUT2D eigenvalue weighted by atomic mass is 35.5. The van der Waals surface area contributed by atoms with E-state index in [4.69, 9.17) is 32.7 Å². The first-order chi connectivity index (χ1) is 8.63. The minimum Gasteiger partial charge on any atom is -0.463 e. The fraction of sp³-hybridized carbons (Fsp3) is 0.308. The average Bonchev–Trinajstić information content (AvgIpc) is 2.32. The highest BCUT2D eigenvalue weighted by molar-refractivity contribution is 6.35. The van der Waals surface area contributed by atoms with Crippen molar-refractivity contribution in [1.82, 2.24) is 0 Å². The molecule has 0 N–H and O–H groups in total. The summed E-state index contributed by atoms with van der Waals surface area (Å²) in [5, 5.41) is 0.904. The molecule has 0 amide bonds. The number of hydrogen-bond donors (Lipinski definition) is 0. The third-order valence-corrected chi connectivity index (χ3v) is 2.57. The van der Waals surface area contributed by atoms with E-state index < -0.39 is 5.97 Å². The van der Waals surface area contributed by atoms with Gasteiger partial charge in [-0.1, -0.05) is 36.5 Å². The van der Waals surface area contributed by atoms with Gasteiger partial charge in [-0.15, -0.1) is 0 Å². The minimum atomic E-state index is -0.437. The van der Waals surface area contributed by atoms with Gasteiger partial charge in [-0.25, -0.2) is 4.79 Å². The van der Waals surface area contributed by atoms with Crippen LogP contribution in [0.15, 0.2) is 30.5 Å². The summed E-state index contributed by atoms with van der Waals surface area (Å²) in [6.45, 7) is 2.44. The Morgan fingerprint density at radius 2 is 2.17 bits per heavy atom. The Hall–Kier alpha value is -1.19. The number of unbranched alkanes of at least 4 members (excludes halogenated alkanes) is 1. The van der Waals surface area contributed by atoms with Crippen LogP contribution in [-0.4, -0.2) is 12.6 Å². The van der Waals surface area contributed by atoms with Crippen molar-refractivity contribution in [2.45, 2.75) is 19.8 Å². The Labute approximate surface area is 116 Å². The van der Waals surface area contributed by atoms with Gasteiger partial charge in [-0.05, 0) is 24.6 Å². The van der Waals surface area contributed by atoms with Crippen molar-refractivity contribution in [2.75, 3.05) is 6.61 Å². The van der Waals surface area contributed by atoms with Crippen LogP contribution in [0.1, 0.15) is 19.8 Å². The molecule has 5 heteroatoms. The molecule has 0 aliphatic heterocycles. The summed E-state index contributed by atoms with van der Waals surface area (Å²) in [7, 11) is 0. The molecule has 0 atom stereocenters. The van der Waals surface area contributed by atoms with E-state index in [1.807, 2.05) is 6.92 Å². The van der Waals surface area contributed by atoms with Crippen LogP contribution in [0.3, 0.4) is 0 Å². The predicted octanol–water partition coefficient (Wildman–Crippen LogP) is 4.23. The molecule has 98 valence electrons. The molecule has 0 unspecified atom stereocenters. The zero-order valence-corrected chi connectivity index (χ0v) is 11.5. The molecule has 0 radical (unpaired) electrons. The first kappa shape index (κ1) is 14.9. The van der Waals surface area contributed by atoms with Gasteiger partial charge in [-0.2, -0.15) is 0 Å². The Bertz CT molecular complexity index is 430. The molecular weight excluding hydrogens is 275 g/mol. The third kappa shape index (κ3) is 5.43. The predicted molar refractivity (Wildman–Crippen MR) is 72.1 cm³/mol. The van der Waals surface area contributed by atoms with Crippen molar-refractivity contribution in [1.29, 1.82) is 0 Å². The van der Waals surface area contributed by atoms with E-state index in [-0.39, 0.29) is 0 Å². The Morgan fingerprint density at radius 3 is 2.83 bits per heavy atom. The smallest absolute Gasteiger partial charge is 0.333 e. The van der Waals surface area contributed by atoms with E-state index in [1.54, 1.807) is 18.2 Å². The quantitative estimate of drug-likeness (QED) is 0.340. The normalized spacial score (nSPS) is 10.6. The molecular formula is C13H14Cl2O3. The molecule has 3 nitrogen and oxygen atoms in total. The first-order valence-corrected chi connectivity index (χ1v) is 6.34. The highest BCUT2D eigenvalue weighted by Gasteiger charge is 2.01. The van der Waals surface area contributed by atoms with E-state index in [1.165, 1.54) is 12.3 Å². The number of hydrogen-bond acceptors (Lipinski definition) is 3. The molecule has 1 rings (SSSR count). The van der Waals surface area contributed by atoms with Gasteiger partial charge in [0.05, 0.1) is 24.0 Å². The molecule has 0 fully saturated rings. The molecule has 0 saturated heterocycles. The van der Waals surface area contributed by atoms with Crippen molar-refractivity contribution in [3.05, 3.63) is 40.6 Å². The monoisotopic (exact) mass is 288 g/mol. The molecule has 0 saturated carbocycles. The second kappa shape index (κ2) is 8.01. The van der Waals surface area contributed by atoms with Gasteiger partial charge in [-0.3, -0.25) is 0 Å². The second-order valence-corrected chi connectivity index (χ2v) is 4.36. The van der Waals surface area contributed by atoms with Crippen molar-refractivity contribution in [3.63, 3.8) is 0 Å². The van der Waals surface area contributed by atoms with E-state index in [2.05, 4.69) is 0 Å². The zero-order valence-electron chi connectivity index (χ0n) is 9.99. The van der Waals surface area contributed by atoms with E-state index in [0.717, 1.165) is 12.8 Å². The number of esters is 1. The van der Waals surface area contributed by atoms with Crippen molar-refractivity contribution < 1.29 is 14.3 Å². The number of halogens is 2. The average molecular weight is 289 g/mol. The summed E-state index contributed by atoms with van der Waals surface area (Å²) in [5.41, 5.74) is 0. The molecule has 0 spiro atoms. The SMILES string of the molecule is CCCCOC(=O)C=COc1ccc(Cl)cc1Cl. The molecule has 0 aliphatic rings. The van der Waals surface area contributed by atoms with Crippen LogP contribution >= 0.6 is 23.2 Å². The largest absolute Gasteiger partial charge is 0.463 e. The molecule has 0 heterocycles. The number of carbonyl (C=O) groups is 1. The van der Waals surface area contributed by atoms with Crippen LogP contribution < -0.4 is 4.74 Å². The van der Waals surface area contributed by atoms with Gasteiger partial charge >= 0.3 is 5.97 Å². The van der Waals surface area contributed by atoms with Crippen molar-refractivity contribution >= 4 is 29.2 Å². The van der Waals surface area contributed by atoms with Crippen LogP contribution in [0.4, 0.5) is 0 Å². The van der Waals surface area contributed by atoms with Crippen LogP contribution in [0.25, 0.3) is 0 Å². The Balaban J connectivity index is 2.42. The Kier molecular flexibility index (Phi) is 6.61. The number of ether oxygens (including phenoxy) is 2.